The molecule has 2 aromatic heterocycles. The van der Waals surface area contributed by atoms with Gasteiger partial charge in [-0.25, -0.2) is 4.98 Å². The second-order valence-electron chi connectivity index (χ2n) is 5.62. The predicted octanol–water partition coefficient (Wildman–Crippen LogP) is 4.57. The number of hydrogen-bond acceptors (Lipinski definition) is 4. The molecule has 112 valence electrons. The van der Waals surface area contributed by atoms with Gasteiger partial charge in [-0.15, -0.1) is 0 Å². The van der Waals surface area contributed by atoms with E-state index in [0.717, 1.165) is 10.2 Å². The molecule has 0 aliphatic rings. The highest BCUT2D eigenvalue weighted by Gasteiger charge is 2.12. The summed E-state index contributed by atoms with van der Waals surface area (Å²) in [6.07, 6.45) is 3.33. The van der Waals surface area contributed by atoms with Crippen molar-refractivity contribution >= 4 is 27.5 Å². The summed E-state index contributed by atoms with van der Waals surface area (Å²) in [4.78, 5) is 8.49. The minimum atomic E-state index is -0.00388. The van der Waals surface area contributed by atoms with E-state index in [2.05, 4.69) is 52.0 Å². The fourth-order valence-electron chi connectivity index (χ4n) is 1.56. The van der Waals surface area contributed by atoms with Crippen molar-refractivity contribution in [2.75, 3.05) is 0 Å². The largest absolute Gasteiger partial charge is 0.437 e. The summed E-state index contributed by atoms with van der Waals surface area (Å²) < 4.78 is 6.55. The number of halogens is 2. The average Bonchev–Trinajstić information content (AvgIpc) is 2.38. The predicted molar refractivity (Wildman–Crippen MR) is 87.9 cm³/mol. The Morgan fingerprint density at radius 3 is 2.71 bits per heavy atom. The highest BCUT2D eigenvalue weighted by atomic mass is 79.9. The van der Waals surface area contributed by atoms with Crippen LogP contribution in [-0.2, 0) is 6.54 Å². The number of ether oxygens (including phenoxy) is 1. The third-order valence-corrected chi connectivity index (χ3v) is 3.36. The molecule has 4 nitrogen and oxygen atoms in total. The van der Waals surface area contributed by atoms with Gasteiger partial charge >= 0.3 is 0 Å². The zero-order chi connectivity index (χ0) is 15.5. The van der Waals surface area contributed by atoms with Crippen LogP contribution in [0.2, 0.25) is 5.02 Å². The van der Waals surface area contributed by atoms with Crippen LogP contribution in [0.25, 0.3) is 0 Å². The maximum Gasteiger partial charge on any atom is 0.219 e. The van der Waals surface area contributed by atoms with Crippen LogP contribution < -0.4 is 10.1 Å². The smallest absolute Gasteiger partial charge is 0.219 e. The molecule has 0 fully saturated rings. The van der Waals surface area contributed by atoms with E-state index in [1.807, 2.05) is 6.07 Å². The summed E-state index contributed by atoms with van der Waals surface area (Å²) in [5, 5.41) is 3.97. The van der Waals surface area contributed by atoms with Crippen molar-refractivity contribution in [1.82, 2.24) is 15.3 Å². The molecule has 0 atom stereocenters. The lowest BCUT2D eigenvalue weighted by Gasteiger charge is -2.20. The maximum atomic E-state index is 6.18. The Kier molecular flexibility index (Phi) is 5.19. The standard InChI is InChI=1S/C15H17BrClN3O/c1-15(2,3)19-9-13-12(17)4-5-14(20-13)21-11-6-10(16)7-18-8-11/h4-8,19H,9H2,1-3H3. The van der Waals surface area contributed by atoms with Crippen molar-refractivity contribution in [3.05, 3.63) is 45.8 Å². The Balaban J connectivity index is 2.14. The zero-order valence-electron chi connectivity index (χ0n) is 12.2. The summed E-state index contributed by atoms with van der Waals surface area (Å²) in [5.74, 6) is 1.11. The van der Waals surface area contributed by atoms with E-state index in [-0.39, 0.29) is 5.54 Å². The Bertz CT molecular complexity index is 629. The van der Waals surface area contributed by atoms with Gasteiger partial charge in [0.1, 0.15) is 5.75 Å². The van der Waals surface area contributed by atoms with Gasteiger partial charge in [-0.05, 0) is 48.8 Å². The van der Waals surface area contributed by atoms with E-state index in [4.69, 9.17) is 16.3 Å². The molecular weight excluding hydrogens is 354 g/mol. The van der Waals surface area contributed by atoms with Crippen molar-refractivity contribution in [1.29, 1.82) is 0 Å². The highest BCUT2D eigenvalue weighted by Crippen LogP contribution is 2.24. The van der Waals surface area contributed by atoms with Gasteiger partial charge in [0.15, 0.2) is 0 Å². The molecule has 21 heavy (non-hydrogen) atoms. The normalized spacial score (nSPS) is 11.5. The minimum absolute atomic E-state index is 0.00388. The van der Waals surface area contributed by atoms with Crippen molar-refractivity contribution in [2.45, 2.75) is 32.9 Å². The Morgan fingerprint density at radius 2 is 2.05 bits per heavy atom. The van der Waals surface area contributed by atoms with Crippen LogP contribution in [0.5, 0.6) is 11.6 Å². The van der Waals surface area contributed by atoms with Gasteiger partial charge in [0.25, 0.3) is 0 Å². The van der Waals surface area contributed by atoms with Crippen molar-refractivity contribution in [3.8, 4) is 11.6 Å². The summed E-state index contributed by atoms with van der Waals surface area (Å²) in [6.45, 7) is 6.85. The van der Waals surface area contributed by atoms with E-state index >= 15 is 0 Å². The lowest BCUT2D eigenvalue weighted by Crippen LogP contribution is -2.35. The number of pyridine rings is 2. The van der Waals surface area contributed by atoms with Gasteiger partial charge in [-0.2, -0.15) is 0 Å². The van der Waals surface area contributed by atoms with Crippen molar-refractivity contribution < 1.29 is 4.74 Å². The van der Waals surface area contributed by atoms with Gasteiger partial charge in [-0.1, -0.05) is 11.6 Å². The van der Waals surface area contributed by atoms with E-state index in [1.165, 1.54) is 0 Å². The molecule has 0 saturated heterocycles. The fraction of sp³-hybridized carbons (Fsp3) is 0.333. The average molecular weight is 371 g/mol. The Labute approximate surface area is 138 Å². The van der Waals surface area contributed by atoms with Crippen molar-refractivity contribution in [2.24, 2.45) is 0 Å². The summed E-state index contributed by atoms with van der Waals surface area (Å²) >= 11 is 9.53. The molecule has 6 heteroatoms. The highest BCUT2D eigenvalue weighted by molar-refractivity contribution is 9.10. The molecule has 0 aromatic carbocycles. The number of rotatable bonds is 4. The molecule has 1 N–H and O–H groups in total. The van der Waals surface area contributed by atoms with Crippen LogP contribution in [0.1, 0.15) is 26.5 Å². The molecule has 0 aliphatic carbocycles. The topological polar surface area (TPSA) is 47.0 Å². The minimum Gasteiger partial charge on any atom is -0.437 e. The molecule has 0 unspecified atom stereocenters. The SMILES string of the molecule is CC(C)(C)NCc1nc(Oc2cncc(Br)c2)ccc1Cl. The van der Waals surface area contributed by atoms with Gasteiger partial charge in [-0.3, -0.25) is 4.98 Å². The summed E-state index contributed by atoms with van der Waals surface area (Å²) in [5.41, 5.74) is 0.753. The third-order valence-electron chi connectivity index (χ3n) is 2.58. The fourth-order valence-corrected chi connectivity index (χ4v) is 2.08. The number of nitrogens with one attached hydrogen (secondary N) is 1. The van der Waals surface area contributed by atoms with Gasteiger partial charge in [0, 0.05) is 28.8 Å². The molecule has 2 heterocycles. The van der Waals surface area contributed by atoms with Crippen LogP contribution in [-0.4, -0.2) is 15.5 Å². The first-order valence-electron chi connectivity index (χ1n) is 6.52. The third kappa shape index (κ3) is 5.26. The van der Waals surface area contributed by atoms with Crippen LogP contribution in [0.3, 0.4) is 0 Å². The molecular formula is C15H17BrClN3O. The molecule has 2 rings (SSSR count). The van der Waals surface area contributed by atoms with Crippen LogP contribution in [0, 0.1) is 0 Å². The second kappa shape index (κ2) is 6.73. The molecule has 0 aliphatic heterocycles. The Hall–Kier alpha value is -1.17. The summed E-state index contributed by atoms with van der Waals surface area (Å²) in [6, 6.07) is 5.36. The number of nitrogens with zero attached hydrogens (tertiary/aromatic N) is 2. The van der Waals surface area contributed by atoms with Gasteiger partial charge < -0.3 is 10.1 Å². The molecule has 0 saturated carbocycles. The zero-order valence-corrected chi connectivity index (χ0v) is 14.5. The van der Waals surface area contributed by atoms with E-state index < -0.39 is 0 Å². The second-order valence-corrected chi connectivity index (χ2v) is 6.95. The van der Waals surface area contributed by atoms with Gasteiger partial charge in [0.05, 0.1) is 16.9 Å². The van der Waals surface area contributed by atoms with Crippen molar-refractivity contribution in [3.63, 3.8) is 0 Å². The molecule has 0 bridgehead atoms. The monoisotopic (exact) mass is 369 g/mol. The first kappa shape index (κ1) is 16.2. The molecule has 0 amide bonds. The van der Waals surface area contributed by atoms with Crippen LogP contribution in [0.15, 0.2) is 35.1 Å². The molecule has 0 radical (unpaired) electrons. The molecule has 2 aromatic rings. The van der Waals surface area contributed by atoms with E-state index in [9.17, 15) is 0 Å². The first-order valence-corrected chi connectivity index (χ1v) is 7.69. The first-order chi connectivity index (χ1) is 9.83. The van der Waals surface area contributed by atoms with Crippen LogP contribution >= 0.6 is 27.5 Å². The quantitative estimate of drug-likeness (QED) is 0.856. The summed E-state index contributed by atoms with van der Waals surface area (Å²) in [7, 11) is 0. The maximum absolute atomic E-state index is 6.18. The number of aromatic nitrogens is 2. The van der Waals surface area contributed by atoms with Crippen LogP contribution in [0.4, 0.5) is 0 Å². The number of hydrogen-bond donors (Lipinski definition) is 1. The van der Waals surface area contributed by atoms with E-state index in [0.29, 0.717) is 23.2 Å². The lowest BCUT2D eigenvalue weighted by molar-refractivity contribution is 0.416. The Morgan fingerprint density at radius 1 is 1.29 bits per heavy atom. The van der Waals surface area contributed by atoms with E-state index in [1.54, 1.807) is 24.5 Å². The molecule has 0 spiro atoms. The van der Waals surface area contributed by atoms with Gasteiger partial charge in [0.2, 0.25) is 5.88 Å². The lowest BCUT2D eigenvalue weighted by atomic mass is 10.1.